The van der Waals surface area contributed by atoms with Gasteiger partial charge < -0.3 is 10.1 Å². The van der Waals surface area contributed by atoms with Crippen LogP contribution in [0.1, 0.15) is 25.1 Å². The molecule has 0 aliphatic heterocycles. The third-order valence-electron chi connectivity index (χ3n) is 5.53. The summed E-state index contributed by atoms with van der Waals surface area (Å²) in [5.74, 6) is 0.698. The van der Waals surface area contributed by atoms with Gasteiger partial charge in [-0.25, -0.2) is 4.98 Å². The van der Waals surface area contributed by atoms with E-state index in [2.05, 4.69) is 10.4 Å². The molecule has 0 unspecified atom stereocenters. The van der Waals surface area contributed by atoms with E-state index < -0.39 is 0 Å². The second-order valence-electron chi connectivity index (χ2n) is 7.98. The molecular weight excluding hydrogens is 462 g/mol. The lowest BCUT2D eigenvalue weighted by Crippen LogP contribution is -2.26. The van der Waals surface area contributed by atoms with Gasteiger partial charge in [-0.05, 0) is 57.0 Å². The van der Waals surface area contributed by atoms with E-state index in [1.54, 1.807) is 21.4 Å². The van der Waals surface area contributed by atoms with Crippen LogP contribution in [0.3, 0.4) is 0 Å². The molecule has 2 aromatic carbocycles. The Hall–Kier alpha value is -3.59. The number of carbonyl (C=O) groups excluding carboxylic acids is 1. The highest BCUT2D eigenvalue weighted by atomic mass is 32.2. The Morgan fingerprint density at radius 1 is 1.09 bits per heavy atom. The summed E-state index contributed by atoms with van der Waals surface area (Å²) in [5, 5.41) is 7.88. The fraction of sp³-hybridized carbons (Fsp3) is 0.308. The van der Waals surface area contributed by atoms with Crippen molar-refractivity contribution in [1.82, 2.24) is 19.3 Å². The Labute approximate surface area is 208 Å². The molecule has 8 nitrogen and oxygen atoms in total. The van der Waals surface area contributed by atoms with Crippen LogP contribution in [0.5, 0.6) is 5.75 Å². The van der Waals surface area contributed by atoms with Gasteiger partial charge in [-0.1, -0.05) is 42.1 Å². The van der Waals surface area contributed by atoms with Crippen molar-refractivity contribution in [3.63, 3.8) is 0 Å². The summed E-state index contributed by atoms with van der Waals surface area (Å²) in [6, 6.07) is 17.2. The summed E-state index contributed by atoms with van der Waals surface area (Å²) in [6.07, 6.45) is 0.680. The van der Waals surface area contributed by atoms with Gasteiger partial charge in [-0.15, -0.1) is 0 Å². The van der Waals surface area contributed by atoms with Gasteiger partial charge in [-0.3, -0.25) is 18.8 Å². The highest BCUT2D eigenvalue weighted by Gasteiger charge is 2.19. The van der Waals surface area contributed by atoms with Crippen molar-refractivity contribution in [2.45, 2.75) is 45.4 Å². The molecule has 2 aromatic heterocycles. The highest BCUT2D eigenvalue weighted by molar-refractivity contribution is 7.99. The number of aromatic nitrogens is 4. The number of carbonyl (C=O) groups is 1. The van der Waals surface area contributed by atoms with Crippen molar-refractivity contribution in [2.24, 2.45) is 0 Å². The van der Waals surface area contributed by atoms with Crippen molar-refractivity contribution in [1.29, 1.82) is 0 Å². The molecule has 0 saturated carbocycles. The number of fused-ring (bicyclic) bond motifs is 1. The second-order valence-corrected chi connectivity index (χ2v) is 8.92. The van der Waals surface area contributed by atoms with Crippen molar-refractivity contribution in [3.8, 4) is 5.75 Å². The molecule has 1 amide bonds. The third kappa shape index (κ3) is 5.74. The Morgan fingerprint density at radius 2 is 1.83 bits per heavy atom. The molecule has 4 rings (SSSR count). The number of hydrogen-bond donors (Lipinski definition) is 1. The van der Waals surface area contributed by atoms with Gasteiger partial charge in [0.2, 0.25) is 5.91 Å². The first-order valence-corrected chi connectivity index (χ1v) is 12.7. The van der Waals surface area contributed by atoms with E-state index in [9.17, 15) is 9.59 Å². The smallest absolute Gasteiger partial charge is 0.280 e. The van der Waals surface area contributed by atoms with E-state index in [0.29, 0.717) is 53.7 Å². The lowest BCUT2D eigenvalue weighted by molar-refractivity contribution is -0.113. The molecule has 35 heavy (non-hydrogen) atoms. The topological polar surface area (TPSA) is 91.0 Å². The summed E-state index contributed by atoms with van der Waals surface area (Å²) in [5.41, 5.74) is 3.47. The number of hydrogen-bond acceptors (Lipinski definition) is 6. The number of benzene rings is 2. The first-order chi connectivity index (χ1) is 17.0. The zero-order valence-electron chi connectivity index (χ0n) is 20.2. The van der Waals surface area contributed by atoms with E-state index in [1.165, 1.54) is 11.8 Å². The molecule has 0 bridgehead atoms. The predicted octanol–water partition coefficient (Wildman–Crippen LogP) is 4.29. The van der Waals surface area contributed by atoms with E-state index >= 15 is 0 Å². The highest BCUT2D eigenvalue weighted by Crippen LogP contribution is 2.21. The summed E-state index contributed by atoms with van der Waals surface area (Å²) < 4.78 is 8.81. The maximum absolute atomic E-state index is 13.5. The van der Waals surface area contributed by atoms with Gasteiger partial charge in [0.15, 0.2) is 10.7 Å². The number of aryl methyl sites for hydroxylation is 3. The van der Waals surface area contributed by atoms with E-state index in [0.717, 1.165) is 11.3 Å². The van der Waals surface area contributed by atoms with Crippen LogP contribution < -0.4 is 15.6 Å². The molecule has 0 atom stereocenters. The normalized spacial score (nSPS) is 11.1. The maximum atomic E-state index is 13.5. The zero-order chi connectivity index (χ0) is 24.8. The summed E-state index contributed by atoms with van der Waals surface area (Å²) in [6.45, 7) is 7.35. The van der Waals surface area contributed by atoms with Gasteiger partial charge >= 0.3 is 0 Å². The molecular formula is C26H29N5O3S. The fourth-order valence-electron chi connectivity index (χ4n) is 3.84. The average Bonchev–Trinajstić information content (AvgIpc) is 3.20. The number of nitrogens with one attached hydrogen (secondary N) is 1. The zero-order valence-corrected chi connectivity index (χ0v) is 21.0. The van der Waals surface area contributed by atoms with Crippen molar-refractivity contribution >= 4 is 34.4 Å². The quantitative estimate of drug-likeness (QED) is 0.263. The SMILES string of the molecule is CCOc1ccc(NC(=O)CSc2nc3c(C)nn(CC)c3c(=O)n2CCc2ccccc2)cc1. The van der Waals surface area contributed by atoms with Gasteiger partial charge in [0.25, 0.3) is 5.56 Å². The van der Waals surface area contributed by atoms with Crippen LogP contribution in [0.15, 0.2) is 64.5 Å². The molecule has 0 aliphatic rings. The minimum absolute atomic E-state index is 0.122. The van der Waals surface area contributed by atoms with Crippen LogP contribution in [0.4, 0.5) is 5.69 Å². The van der Waals surface area contributed by atoms with Crippen LogP contribution in [-0.2, 0) is 24.3 Å². The minimum Gasteiger partial charge on any atom is -0.494 e. The first kappa shape index (κ1) is 24.5. The third-order valence-corrected chi connectivity index (χ3v) is 6.51. The molecule has 2 heterocycles. The lowest BCUT2D eigenvalue weighted by Gasteiger charge is -2.13. The minimum atomic E-state index is -0.177. The molecule has 0 radical (unpaired) electrons. The Balaban J connectivity index is 1.56. The molecule has 0 spiro atoms. The monoisotopic (exact) mass is 491 g/mol. The standard InChI is InChI=1S/C26H29N5O3S/c1-4-31-24-23(18(3)29-31)28-26(30(25(24)33)16-15-19-9-7-6-8-10-19)35-17-22(32)27-20-11-13-21(14-12-20)34-5-2/h6-14H,4-5,15-17H2,1-3H3,(H,27,32). The number of amides is 1. The predicted molar refractivity (Wildman–Crippen MR) is 139 cm³/mol. The summed E-state index contributed by atoms with van der Waals surface area (Å²) in [4.78, 5) is 31.0. The summed E-state index contributed by atoms with van der Waals surface area (Å²) >= 11 is 1.25. The van der Waals surface area contributed by atoms with Crippen molar-refractivity contribution < 1.29 is 9.53 Å². The van der Waals surface area contributed by atoms with E-state index in [1.807, 2.05) is 63.2 Å². The van der Waals surface area contributed by atoms with Gasteiger partial charge in [0.1, 0.15) is 11.3 Å². The van der Waals surface area contributed by atoms with Gasteiger partial charge in [0.05, 0.1) is 18.1 Å². The molecule has 0 fully saturated rings. The number of thioether (sulfide) groups is 1. The number of rotatable bonds is 10. The largest absolute Gasteiger partial charge is 0.494 e. The molecule has 182 valence electrons. The van der Waals surface area contributed by atoms with E-state index in [-0.39, 0.29) is 17.2 Å². The number of nitrogens with zero attached hydrogens (tertiary/aromatic N) is 4. The molecule has 9 heteroatoms. The van der Waals surface area contributed by atoms with Crippen LogP contribution in [0.25, 0.3) is 11.0 Å². The number of ether oxygens (including phenoxy) is 1. The summed E-state index contributed by atoms with van der Waals surface area (Å²) in [7, 11) is 0. The van der Waals surface area contributed by atoms with Gasteiger partial charge in [-0.2, -0.15) is 5.10 Å². The Morgan fingerprint density at radius 3 is 2.51 bits per heavy atom. The second kappa shape index (κ2) is 11.2. The van der Waals surface area contributed by atoms with Crippen LogP contribution in [0, 0.1) is 6.92 Å². The first-order valence-electron chi connectivity index (χ1n) is 11.7. The van der Waals surface area contributed by atoms with Crippen LogP contribution >= 0.6 is 11.8 Å². The van der Waals surface area contributed by atoms with Crippen molar-refractivity contribution in [2.75, 3.05) is 17.7 Å². The Kier molecular flexibility index (Phi) is 7.87. The maximum Gasteiger partial charge on any atom is 0.280 e. The molecule has 1 N–H and O–H groups in total. The van der Waals surface area contributed by atoms with Crippen LogP contribution in [-0.4, -0.2) is 37.6 Å². The fourth-order valence-corrected chi connectivity index (χ4v) is 4.66. The molecule has 4 aromatic rings. The van der Waals surface area contributed by atoms with E-state index in [4.69, 9.17) is 9.72 Å². The van der Waals surface area contributed by atoms with Gasteiger partial charge in [0, 0.05) is 18.8 Å². The van der Waals surface area contributed by atoms with Crippen molar-refractivity contribution in [3.05, 3.63) is 76.2 Å². The van der Waals surface area contributed by atoms with Crippen LogP contribution in [0.2, 0.25) is 0 Å². The molecule has 0 saturated heterocycles. The number of anilines is 1. The average molecular weight is 492 g/mol. The Bertz CT molecular complexity index is 1360. The molecule has 0 aliphatic carbocycles. The lowest BCUT2D eigenvalue weighted by atomic mass is 10.1.